The normalized spacial score (nSPS) is 15.7. The van der Waals surface area contributed by atoms with Crippen LogP contribution in [0.4, 0.5) is 0 Å². The van der Waals surface area contributed by atoms with E-state index < -0.39 is 5.97 Å². The lowest BCUT2D eigenvalue weighted by Crippen LogP contribution is -2.37. The van der Waals surface area contributed by atoms with Gasteiger partial charge in [0.15, 0.2) is 5.78 Å². The van der Waals surface area contributed by atoms with Crippen molar-refractivity contribution in [2.45, 2.75) is 13.3 Å². The van der Waals surface area contributed by atoms with Crippen LogP contribution in [0.5, 0.6) is 5.75 Å². The first-order valence-corrected chi connectivity index (χ1v) is 8.50. The van der Waals surface area contributed by atoms with Gasteiger partial charge in [-0.05, 0) is 30.7 Å². The maximum absolute atomic E-state index is 12.6. The second-order valence-corrected chi connectivity index (χ2v) is 5.68. The van der Waals surface area contributed by atoms with E-state index in [1.54, 1.807) is 44.4 Å². The average Bonchev–Trinajstić information content (AvgIpc) is 2.65. The zero-order chi connectivity index (χ0) is 18.1. The van der Waals surface area contributed by atoms with E-state index in [0.717, 1.165) is 18.7 Å². The Morgan fingerprint density at radius 3 is 2.48 bits per heavy atom. The minimum atomic E-state index is -0.578. The quantitative estimate of drug-likeness (QED) is 0.310. The molecule has 0 aliphatic carbocycles. The number of carbonyl (C=O) groups is 2. The van der Waals surface area contributed by atoms with E-state index in [1.807, 2.05) is 0 Å². The summed E-state index contributed by atoms with van der Waals surface area (Å²) in [5.74, 6) is -0.0699. The molecule has 25 heavy (non-hydrogen) atoms. The van der Waals surface area contributed by atoms with Crippen molar-refractivity contribution in [3.8, 4) is 5.75 Å². The van der Waals surface area contributed by atoms with Crippen LogP contribution in [0, 0.1) is 0 Å². The van der Waals surface area contributed by atoms with Gasteiger partial charge in [0, 0.05) is 26.1 Å². The lowest BCUT2D eigenvalue weighted by Gasteiger charge is -2.26. The molecule has 1 aliphatic heterocycles. The Morgan fingerprint density at radius 2 is 1.88 bits per heavy atom. The maximum atomic E-state index is 12.6. The Balaban J connectivity index is 2.08. The average molecular weight is 347 g/mol. The monoisotopic (exact) mass is 347 g/mol. The first kappa shape index (κ1) is 19.1. The molecule has 6 nitrogen and oxygen atoms in total. The van der Waals surface area contributed by atoms with Crippen LogP contribution < -0.4 is 4.74 Å². The van der Waals surface area contributed by atoms with Crippen molar-refractivity contribution in [1.29, 1.82) is 0 Å². The summed E-state index contributed by atoms with van der Waals surface area (Å²) in [5.41, 5.74) is 0.837. The van der Waals surface area contributed by atoms with Gasteiger partial charge in [0.05, 0.1) is 26.9 Å². The standard InChI is InChI=1S/C19H25NO5/c1-3-25-19(22)17(14-15-4-6-16(23-2)7-5-15)18(21)8-9-20-10-12-24-13-11-20/h4-7,14H,3,8-13H2,1-2H3/b17-14-. The molecule has 1 aliphatic rings. The Morgan fingerprint density at radius 1 is 1.20 bits per heavy atom. The molecule has 0 unspecified atom stereocenters. The van der Waals surface area contributed by atoms with Gasteiger partial charge in [-0.2, -0.15) is 0 Å². The van der Waals surface area contributed by atoms with Crippen LogP contribution in [0.3, 0.4) is 0 Å². The minimum Gasteiger partial charge on any atom is -0.497 e. The van der Waals surface area contributed by atoms with Crippen molar-refractivity contribution in [3.05, 3.63) is 35.4 Å². The number of hydrogen-bond donors (Lipinski definition) is 0. The molecule has 0 radical (unpaired) electrons. The van der Waals surface area contributed by atoms with Gasteiger partial charge in [0.2, 0.25) is 0 Å². The third-order valence-corrected chi connectivity index (χ3v) is 3.98. The van der Waals surface area contributed by atoms with Crippen molar-refractivity contribution in [2.24, 2.45) is 0 Å². The van der Waals surface area contributed by atoms with Crippen molar-refractivity contribution in [1.82, 2.24) is 4.90 Å². The van der Waals surface area contributed by atoms with Crippen LogP contribution in [0.1, 0.15) is 18.9 Å². The third kappa shape index (κ3) is 5.99. The number of carbonyl (C=O) groups excluding carboxylic acids is 2. The molecule has 0 aromatic heterocycles. The number of benzene rings is 1. The summed E-state index contributed by atoms with van der Waals surface area (Å²) < 4.78 is 15.5. The highest BCUT2D eigenvalue weighted by atomic mass is 16.5. The number of methoxy groups -OCH3 is 1. The molecule has 1 aromatic rings. The third-order valence-electron chi connectivity index (χ3n) is 3.98. The fourth-order valence-corrected chi connectivity index (χ4v) is 2.55. The number of ketones is 1. The molecule has 2 rings (SSSR count). The Bertz CT molecular complexity index is 603. The van der Waals surface area contributed by atoms with Crippen LogP contribution >= 0.6 is 0 Å². The number of rotatable bonds is 8. The number of hydrogen-bond acceptors (Lipinski definition) is 6. The first-order valence-electron chi connectivity index (χ1n) is 8.50. The highest BCUT2D eigenvalue weighted by Crippen LogP contribution is 2.16. The zero-order valence-corrected chi connectivity index (χ0v) is 14.8. The van der Waals surface area contributed by atoms with Crippen LogP contribution in [-0.4, -0.2) is 63.2 Å². The minimum absolute atomic E-state index is 0.0836. The van der Waals surface area contributed by atoms with E-state index in [0.29, 0.717) is 25.5 Å². The summed E-state index contributed by atoms with van der Waals surface area (Å²) >= 11 is 0. The summed E-state index contributed by atoms with van der Waals surface area (Å²) in [7, 11) is 1.59. The van der Waals surface area contributed by atoms with Crippen LogP contribution in [0.25, 0.3) is 6.08 Å². The highest BCUT2D eigenvalue weighted by Gasteiger charge is 2.21. The Kier molecular flexibility index (Phi) is 7.63. The van der Waals surface area contributed by atoms with E-state index in [1.165, 1.54) is 0 Å². The molecule has 0 N–H and O–H groups in total. The highest BCUT2D eigenvalue weighted by molar-refractivity contribution is 6.20. The number of morpholine rings is 1. The smallest absolute Gasteiger partial charge is 0.341 e. The molecule has 1 saturated heterocycles. The second-order valence-electron chi connectivity index (χ2n) is 5.68. The molecule has 1 aromatic carbocycles. The first-order chi connectivity index (χ1) is 12.1. The van der Waals surface area contributed by atoms with Crippen molar-refractivity contribution in [2.75, 3.05) is 46.6 Å². The van der Waals surface area contributed by atoms with Gasteiger partial charge >= 0.3 is 5.97 Å². The molecule has 0 saturated carbocycles. The maximum Gasteiger partial charge on any atom is 0.341 e. The molecule has 0 atom stereocenters. The lowest BCUT2D eigenvalue weighted by atomic mass is 10.0. The predicted octanol–water partition coefficient (Wildman–Crippen LogP) is 1.93. The van der Waals surface area contributed by atoms with E-state index in [9.17, 15) is 9.59 Å². The van der Waals surface area contributed by atoms with E-state index >= 15 is 0 Å². The summed E-state index contributed by atoms with van der Waals surface area (Å²) in [6.07, 6.45) is 1.86. The van der Waals surface area contributed by atoms with Gasteiger partial charge in [-0.15, -0.1) is 0 Å². The van der Waals surface area contributed by atoms with Crippen LogP contribution in [-0.2, 0) is 19.1 Å². The molecule has 1 fully saturated rings. The van der Waals surface area contributed by atoms with Crippen molar-refractivity contribution >= 4 is 17.8 Å². The van der Waals surface area contributed by atoms with E-state index in [-0.39, 0.29) is 24.4 Å². The largest absolute Gasteiger partial charge is 0.497 e. The number of ether oxygens (including phenoxy) is 3. The van der Waals surface area contributed by atoms with Gasteiger partial charge in [0.25, 0.3) is 0 Å². The molecule has 0 amide bonds. The molecule has 1 heterocycles. The van der Waals surface area contributed by atoms with Crippen molar-refractivity contribution < 1.29 is 23.8 Å². The van der Waals surface area contributed by atoms with Gasteiger partial charge in [-0.3, -0.25) is 9.69 Å². The van der Waals surface area contributed by atoms with E-state index in [4.69, 9.17) is 14.2 Å². The second kappa shape index (κ2) is 9.96. The number of Topliss-reactive ketones (excluding diaryl/α,β-unsaturated/α-hetero) is 1. The number of nitrogens with zero attached hydrogens (tertiary/aromatic N) is 1. The molecule has 6 heteroatoms. The summed E-state index contributed by atoms with van der Waals surface area (Å²) in [4.78, 5) is 26.9. The fourth-order valence-electron chi connectivity index (χ4n) is 2.55. The van der Waals surface area contributed by atoms with Crippen LogP contribution in [0.15, 0.2) is 29.8 Å². The Labute approximate surface area is 148 Å². The molecular weight excluding hydrogens is 322 g/mol. The molecule has 0 bridgehead atoms. The SMILES string of the molecule is CCOC(=O)/C(=C\c1ccc(OC)cc1)C(=O)CCN1CCOCC1. The lowest BCUT2D eigenvalue weighted by molar-refractivity contribution is -0.139. The molecule has 0 spiro atoms. The van der Waals surface area contributed by atoms with Gasteiger partial charge in [-0.25, -0.2) is 4.79 Å². The molecule has 136 valence electrons. The summed E-state index contributed by atoms with van der Waals surface area (Å²) in [6, 6.07) is 7.17. The topological polar surface area (TPSA) is 65.1 Å². The van der Waals surface area contributed by atoms with Gasteiger partial charge < -0.3 is 14.2 Å². The number of esters is 1. The van der Waals surface area contributed by atoms with Crippen LogP contribution in [0.2, 0.25) is 0 Å². The fraction of sp³-hybridized carbons (Fsp3) is 0.474. The molecular formula is C19H25NO5. The Hall–Kier alpha value is -2.18. The summed E-state index contributed by atoms with van der Waals surface area (Å²) in [6.45, 7) is 5.55. The van der Waals surface area contributed by atoms with Crippen molar-refractivity contribution in [3.63, 3.8) is 0 Å². The van der Waals surface area contributed by atoms with Gasteiger partial charge in [0.1, 0.15) is 11.3 Å². The zero-order valence-electron chi connectivity index (χ0n) is 14.8. The summed E-state index contributed by atoms with van der Waals surface area (Å²) in [5, 5.41) is 0. The predicted molar refractivity (Wildman–Crippen MR) is 94.5 cm³/mol. The van der Waals surface area contributed by atoms with E-state index in [2.05, 4.69) is 4.90 Å². The van der Waals surface area contributed by atoms with Gasteiger partial charge in [-0.1, -0.05) is 12.1 Å².